The van der Waals surface area contributed by atoms with Gasteiger partial charge >= 0.3 is 5.97 Å². The first-order chi connectivity index (χ1) is 11.5. The van der Waals surface area contributed by atoms with Crippen LogP contribution >= 0.6 is 11.8 Å². The molecule has 0 radical (unpaired) electrons. The minimum atomic E-state index is -0.922. The molecule has 0 amide bonds. The molecule has 2 heterocycles. The molecule has 7 heteroatoms. The second-order valence-corrected chi connectivity index (χ2v) is 7.17. The number of carboxylic acid groups (broad SMARTS) is 1. The predicted octanol–water partition coefficient (Wildman–Crippen LogP) is 1.89. The maximum absolute atomic E-state index is 12.4. The highest BCUT2D eigenvalue weighted by atomic mass is 32.2. The zero-order chi connectivity index (χ0) is 17.1. The number of nitrogens with one attached hydrogen (secondary N) is 1. The lowest BCUT2D eigenvalue weighted by Gasteiger charge is -2.27. The highest BCUT2D eigenvalue weighted by Gasteiger charge is 2.22. The van der Waals surface area contributed by atoms with Crippen molar-refractivity contribution in [2.45, 2.75) is 36.8 Å². The van der Waals surface area contributed by atoms with E-state index in [0.29, 0.717) is 23.7 Å². The highest BCUT2D eigenvalue weighted by molar-refractivity contribution is 8.00. The Hall–Kier alpha value is -2.12. The molecule has 0 bridgehead atoms. The molecule has 0 saturated heterocycles. The van der Waals surface area contributed by atoms with Crippen LogP contribution in [0.25, 0.3) is 0 Å². The number of benzene rings is 1. The van der Waals surface area contributed by atoms with E-state index in [4.69, 9.17) is 5.11 Å². The Morgan fingerprint density at radius 2 is 2.17 bits per heavy atom. The summed E-state index contributed by atoms with van der Waals surface area (Å²) < 4.78 is 0. The SMILES string of the molecule is CC(Sc1nc2c(c(=O)[nH]1)CN(Cc1ccccc1)CC2)C(=O)O. The number of rotatable bonds is 5. The van der Waals surface area contributed by atoms with Crippen LogP contribution in [0.5, 0.6) is 0 Å². The first kappa shape index (κ1) is 16.7. The molecule has 3 rings (SSSR count). The number of thioether (sulfide) groups is 1. The van der Waals surface area contributed by atoms with Crippen LogP contribution in [-0.4, -0.2) is 37.7 Å². The average molecular weight is 345 g/mol. The van der Waals surface area contributed by atoms with Gasteiger partial charge in [0.05, 0.1) is 11.3 Å². The first-order valence-corrected chi connectivity index (χ1v) is 8.68. The summed E-state index contributed by atoms with van der Waals surface area (Å²) in [4.78, 5) is 32.7. The Labute approximate surface area is 143 Å². The molecule has 1 unspecified atom stereocenters. The fourth-order valence-electron chi connectivity index (χ4n) is 2.71. The molecule has 24 heavy (non-hydrogen) atoms. The number of hydrogen-bond donors (Lipinski definition) is 2. The van der Waals surface area contributed by atoms with Gasteiger partial charge in [0, 0.05) is 26.1 Å². The topological polar surface area (TPSA) is 86.3 Å². The van der Waals surface area contributed by atoms with Crippen LogP contribution in [-0.2, 0) is 24.3 Å². The van der Waals surface area contributed by atoms with Gasteiger partial charge in [0.15, 0.2) is 5.16 Å². The van der Waals surface area contributed by atoms with Crippen molar-refractivity contribution in [3.05, 3.63) is 57.5 Å². The quantitative estimate of drug-likeness (QED) is 0.636. The Morgan fingerprint density at radius 1 is 1.42 bits per heavy atom. The third-order valence-corrected chi connectivity index (χ3v) is 4.98. The lowest BCUT2D eigenvalue weighted by atomic mass is 10.1. The standard InChI is InChI=1S/C17H19N3O3S/c1-11(16(22)23)24-17-18-14-7-8-20(10-13(14)15(21)19-17)9-12-5-3-2-4-6-12/h2-6,11H,7-10H2,1H3,(H,22,23)(H,18,19,21). The fourth-order valence-corrected chi connectivity index (χ4v) is 3.46. The highest BCUT2D eigenvalue weighted by Crippen LogP contribution is 2.22. The van der Waals surface area contributed by atoms with E-state index in [0.717, 1.165) is 30.5 Å². The van der Waals surface area contributed by atoms with E-state index in [1.165, 1.54) is 5.56 Å². The van der Waals surface area contributed by atoms with Crippen LogP contribution in [0.1, 0.15) is 23.7 Å². The third kappa shape index (κ3) is 3.85. The molecule has 1 atom stereocenters. The zero-order valence-corrected chi connectivity index (χ0v) is 14.2. The Balaban J connectivity index is 1.75. The lowest BCUT2D eigenvalue weighted by Crippen LogP contribution is -2.35. The smallest absolute Gasteiger partial charge is 0.316 e. The molecule has 1 aliphatic heterocycles. The zero-order valence-electron chi connectivity index (χ0n) is 13.4. The Bertz CT molecular complexity index is 791. The van der Waals surface area contributed by atoms with Gasteiger partial charge in [-0.2, -0.15) is 0 Å². The number of aromatic nitrogens is 2. The van der Waals surface area contributed by atoms with Gasteiger partial charge in [-0.3, -0.25) is 14.5 Å². The summed E-state index contributed by atoms with van der Waals surface area (Å²) in [7, 11) is 0. The van der Waals surface area contributed by atoms with Crippen molar-refractivity contribution in [3.8, 4) is 0 Å². The van der Waals surface area contributed by atoms with Crippen LogP contribution < -0.4 is 5.56 Å². The Morgan fingerprint density at radius 3 is 2.88 bits per heavy atom. The van der Waals surface area contributed by atoms with Gasteiger partial charge in [0.1, 0.15) is 5.25 Å². The predicted molar refractivity (Wildman–Crippen MR) is 92.1 cm³/mol. The molecule has 6 nitrogen and oxygen atoms in total. The minimum Gasteiger partial charge on any atom is -0.480 e. The van der Waals surface area contributed by atoms with Gasteiger partial charge in [0.25, 0.3) is 5.56 Å². The van der Waals surface area contributed by atoms with E-state index in [1.807, 2.05) is 18.2 Å². The number of aromatic amines is 1. The number of nitrogens with zero attached hydrogens (tertiary/aromatic N) is 2. The van der Waals surface area contributed by atoms with Crippen LogP contribution in [0.15, 0.2) is 40.3 Å². The van der Waals surface area contributed by atoms with Crippen LogP contribution in [0.2, 0.25) is 0 Å². The summed E-state index contributed by atoms with van der Waals surface area (Å²) in [6.45, 7) is 3.77. The van der Waals surface area contributed by atoms with E-state index in [-0.39, 0.29) is 5.56 Å². The van der Waals surface area contributed by atoms with Gasteiger partial charge < -0.3 is 10.1 Å². The number of aliphatic carboxylic acids is 1. The van der Waals surface area contributed by atoms with Gasteiger partial charge in [0.2, 0.25) is 0 Å². The van der Waals surface area contributed by atoms with E-state index >= 15 is 0 Å². The second kappa shape index (κ2) is 7.19. The molecular weight excluding hydrogens is 326 g/mol. The van der Waals surface area contributed by atoms with Gasteiger partial charge in [-0.05, 0) is 12.5 Å². The molecule has 0 fully saturated rings. The number of hydrogen-bond acceptors (Lipinski definition) is 5. The minimum absolute atomic E-state index is 0.169. The summed E-state index contributed by atoms with van der Waals surface area (Å²) in [5.74, 6) is -0.922. The van der Waals surface area contributed by atoms with Gasteiger partial charge in [-0.1, -0.05) is 42.1 Å². The van der Waals surface area contributed by atoms with E-state index in [9.17, 15) is 9.59 Å². The van der Waals surface area contributed by atoms with Gasteiger partial charge in [-0.15, -0.1) is 0 Å². The van der Waals surface area contributed by atoms with Crippen molar-refractivity contribution in [2.75, 3.05) is 6.54 Å². The molecule has 2 N–H and O–H groups in total. The second-order valence-electron chi connectivity index (χ2n) is 5.84. The molecule has 1 aliphatic rings. The molecule has 0 spiro atoms. The van der Waals surface area contributed by atoms with Gasteiger partial charge in [-0.25, -0.2) is 4.98 Å². The van der Waals surface area contributed by atoms with Crippen molar-refractivity contribution in [1.82, 2.24) is 14.9 Å². The molecule has 1 aromatic carbocycles. The summed E-state index contributed by atoms with van der Waals surface area (Å²) >= 11 is 1.06. The maximum atomic E-state index is 12.4. The molecule has 0 aliphatic carbocycles. The molecular formula is C17H19N3O3S. The maximum Gasteiger partial charge on any atom is 0.316 e. The van der Waals surface area contributed by atoms with Crippen LogP contribution in [0.4, 0.5) is 0 Å². The third-order valence-electron chi connectivity index (χ3n) is 4.01. The summed E-state index contributed by atoms with van der Waals surface area (Å²) in [6.07, 6.45) is 0.696. The Kier molecular flexibility index (Phi) is 5.01. The largest absolute Gasteiger partial charge is 0.480 e. The van der Waals surface area contributed by atoms with Crippen molar-refractivity contribution < 1.29 is 9.90 Å². The summed E-state index contributed by atoms with van der Waals surface area (Å²) in [6, 6.07) is 10.2. The molecule has 126 valence electrons. The number of H-pyrrole nitrogens is 1. The summed E-state index contributed by atoms with van der Waals surface area (Å²) in [5.41, 5.74) is 2.51. The fraction of sp³-hybridized carbons (Fsp3) is 0.353. The van der Waals surface area contributed by atoms with Crippen molar-refractivity contribution in [3.63, 3.8) is 0 Å². The molecule has 2 aromatic rings. The average Bonchev–Trinajstić information content (AvgIpc) is 2.56. The van der Waals surface area contributed by atoms with Crippen molar-refractivity contribution in [1.29, 1.82) is 0 Å². The normalized spacial score (nSPS) is 15.7. The van der Waals surface area contributed by atoms with Crippen molar-refractivity contribution >= 4 is 17.7 Å². The number of carbonyl (C=O) groups is 1. The van der Waals surface area contributed by atoms with Crippen molar-refractivity contribution in [2.24, 2.45) is 0 Å². The molecule has 0 saturated carbocycles. The number of carboxylic acids is 1. The van der Waals surface area contributed by atoms with E-state index < -0.39 is 11.2 Å². The number of fused-ring (bicyclic) bond motifs is 1. The van der Waals surface area contributed by atoms with E-state index in [1.54, 1.807) is 6.92 Å². The summed E-state index contributed by atoms with van der Waals surface area (Å²) in [5, 5.41) is 8.71. The van der Waals surface area contributed by atoms with Crippen LogP contribution in [0, 0.1) is 0 Å². The van der Waals surface area contributed by atoms with Crippen LogP contribution in [0.3, 0.4) is 0 Å². The first-order valence-electron chi connectivity index (χ1n) is 7.80. The molecule has 1 aromatic heterocycles. The lowest BCUT2D eigenvalue weighted by molar-refractivity contribution is -0.136. The monoisotopic (exact) mass is 345 g/mol. The van der Waals surface area contributed by atoms with E-state index in [2.05, 4.69) is 27.0 Å².